The molecule has 0 unspecified atom stereocenters. The van der Waals surface area contributed by atoms with E-state index in [9.17, 15) is 13.2 Å². The predicted molar refractivity (Wildman–Crippen MR) is 80.3 cm³/mol. The number of rotatable bonds is 2. The third-order valence-corrected chi connectivity index (χ3v) is 5.75. The van der Waals surface area contributed by atoms with Crippen LogP contribution >= 0.6 is 0 Å². The van der Waals surface area contributed by atoms with Crippen LogP contribution in [-0.2, 0) is 27.8 Å². The first kappa shape index (κ1) is 15.4. The summed E-state index contributed by atoms with van der Waals surface area (Å²) >= 11 is 0. The van der Waals surface area contributed by atoms with Crippen LogP contribution in [-0.4, -0.2) is 59.4 Å². The highest BCUT2D eigenvalue weighted by atomic mass is 32.2. The van der Waals surface area contributed by atoms with Crippen molar-refractivity contribution in [3.8, 4) is 0 Å². The lowest BCUT2D eigenvalue weighted by Crippen LogP contribution is -2.45. The first-order chi connectivity index (χ1) is 10.4. The minimum absolute atomic E-state index is 0.0795. The summed E-state index contributed by atoms with van der Waals surface area (Å²) in [5.41, 5.74) is 2.03. The number of nitrogens with zero attached hydrogens (tertiary/aromatic N) is 4. The predicted octanol–water partition coefficient (Wildman–Crippen LogP) is 0.0329. The van der Waals surface area contributed by atoms with Gasteiger partial charge in [0.2, 0.25) is 15.9 Å². The van der Waals surface area contributed by atoms with E-state index in [1.54, 1.807) is 6.20 Å². The average molecular weight is 324 g/mol. The minimum Gasteiger partial charge on any atom is -0.338 e. The van der Waals surface area contributed by atoms with Gasteiger partial charge < -0.3 is 4.90 Å². The Hall–Kier alpha value is -1.54. The van der Waals surface area contributed by atoms with E-state index in [1.165, 1.54) is 16.9 Å². The van der Waals surface area contributed by atoms with E-state index in [0.29, 0.717) is 39.0 Å². The molecule has 7 nitrogen and oxygen atoms in total. The third kappa shape index (κ3) is 3.12. The van der Waals surface area contributed by atoms with Crippen LogP contribution in [0.15, 0.2) is 12.5 Å². The number of carbonyl (C=O) groups is 1. The van der Waals surface area contributed by atoms with E-state index < -0.39 is 10.0 Å². The van der Waals surface area contributed by atoms with Gasteiger partial charge in [0.05, 0.1) is 11.9 Å². The average Bonchev–Trinajstić information content (AvgIpc) is 2.53. The Morgan fingerprint density at radius 2 is 2.00 bits per heavy atom. The molecule has 0 atom stereocenters. The van der Waals surface area contributed by atoms with Gasteiger partial charge in [-0.15, -0.1) is 0 Å². The van der Waals surface area contributed by atoms with E-state index in [-0.39, 0.29) is 11.8 Å². The molecule has 0 bridgehead atoms. The van der Waals surface area contributed by atoms with E-state index in [0.717, 1.165) is 17.7 Å². The number of piperidine rings is 1. The molecule has 0 aliphatic carbocycles. The van der Waals surface area contributed by atoms with Crippen LogP contribution in [0.2, 0.25) is 0 Å². The maximum atomic E-state index is 12.6. The molecule has 1 saturated heterocycles. The lowest BCUT2D eigenvalue weighted by molar-refractivity contribution is -0.137. The van der Waals surface area contributed by atoms with Crippen LogP contribution in [0.25, 0.3) is 0 Å². The Labute approximate surface area is 130 Å². The van der Waals surface area contributed by atoms with Gasteiger partial charge in [-0.3, -0.25) is 4.79 Å². The highest BCUT2D eigenvalue weighted by molar-refractivity contribution is 7.88. The Morgan fingerprint density at radius 3 is 2.68 bits per heavy atom. The fourth-order valence-corrected chi connectivity index (χ4v) is 4.02. The molecule has 1 fully saturated rings. The smallest absolute Gasteiger partial charge is 0.226 e. The lowest BCUT2D eigenvalue weighted by atomic mass is 9.95. The summed E-state index contributed by atoms with van der Waals surface area (Å²) in [6.07, 6.45) is 6.48. The molecule has 0 spiro atoms. The Kier molecular flexibility index (Phi) is 4.14. The second-order valence-electron chi connectivity index (χ2n) is 5.94. The van der Waals surface area contributed by atoms with Crippen molar-refractivity contribution in [2.45, 2.75) is 25.8 Å². The maximum Gasteiger partial charge on any atom is 0.226 e. The fourth-order valence-electron chi connectivity index (χ4n) is 3.15. The standard InChI is InChI=1S/C14H20N4O3S/c1-22(20,21)18-6-2-11(3-7-18)14(19)17-5-4-13-12(9-17)8-15-10-16-13/h8,10-11H,2-7,9H2,1H3. The SMILES string of the molecule is CS(=O)(=O)N1CCC(C(=O)N2CCc3ncncc3C2)CC1. The first-order valence-corrected chi connectivity index (χ1v) is 9.31. The first-order valence-electron chi connectivity index (χ1n) is 7.47. The van der Waals surface area contributed by atoms with Gasteiger partial charge in [0, 0.05) is 50.3 Å². The van der Waals surface area contributed by atoms with Crippen molar-refractivity contribution in [3.63, 3.8) is 0 Å². The van der Waals surface area contributed by atoms with Crippen molar-refractivity contribution in [2.75, 3.05) is 25.9 Å². The Morgan fingerprint density at radius 1 is 1.27 bits per heavy atom. The zero-order valence-corrected chi connectivity index (χ0v) is 13.4. The Balaban J connectivity index is 1.62. The highest BCUT2D eigenvalue weighted by Crippen LogP contribution is 2.24. The van der Waals surface area contributed by atoms with Crippen molar-refractivity contribution < 1.29 is 13.2 Å². The number of fused-ring (bicyclic) bond motifs is 1. The monoisotopic (exact) mass is 324 g/mol. The quantitative estimate of drug-likeness (QED) is 0.766. The molecule has 0 radical (unpaired) electrons. The molecule has 3 rings (SSSR count). The molecular weight excluding hydrogens is 304 g/mol. The van der Waals surface area contributed by atoms with Gasteiger partial charge >= 0.3 is 0 Å². The second kappa shape index (κ2) is 5.92. The fraction of sp³-hybridized carbons (Fsp3) is 0.643. The molecule has 0 N–H and O–H groups in total. The zero-order chi connectivity index (χ0) is 15.7. The van der Waals surface area contributed by atoms with Crippen LogP contribution < -0.4 is 0 Å². The molecule has 1 amide bonds. The zero-order valence-electron chi connectivity index (χ0n) is 12.6. The molecule has 1 aromatic rings. The maximum absolute atomic E-state index is 12.6. The summed E-state index contributed by atoms with van der Waals surface area (Å²) in [5.74, 6) is 0.0480. The van der Waals surface area contributed by atoms with Crippen molar-refractivity contribution in [1.82, 2.24) is 19.2 Å². The highest BCUT2D eigenvalue weighted by Gasteiger charge is 2.32. The van der Waals surface area contributed by atoms with E-state index in [4.69, 9.17) is 0 Å². The summed E-state index contributed by atoms with van der Waals surface area (Å²) in [7, 11) is -3.15. The number of aromatic nitrogens is 2. The molecule has 8 heteroatoms. The van der Waals surface area contributed by atoms with Gasteiger partial charge in [-0.2, -0.15) is 0 Å². The molecule has 120 valence electrons. The summed E-state index contributed by atoms with van der Waals surface area (Å²) in [5, 5.41) is 0. The van der Waals surface area contributed by atoms with E-state index in [1.807, 2.05) is 4.90 Å². The van der Waals surface area contributed by atoms with Crippen LogP contribution in [0.5, 0.6) is 0 Å². The lowest BCUT2D eigenvalue weighted by Gasteiger charge is -2.34. The van der Waals surface area contributed by atoms with Gasteiger partial charge in [0.15, 0.2) is 0 Å². The summed E-state index contributed by atoms with van der Waals surface area (Å²) in [6.45, 7) is 2.10. The molecule has 1 aromatic heterocycles. The topological polar surface area (TPSA) is 83.5 Å². The molecule has 22 heavy (non-hydrogen) atoms. The molecule has 2 aliphatic heterocycles. The van der Waals surface area contributed by atoms with Crippen LogP contribution in [0, 0.1) is 5.92 Å². The third-order valence-electron chi connectivity index (χ3n) is 4.44. The van der Waals surface area contributed by atoms with Crippen LogP contribution in [0.3, 0.4) is 0 Å². The van der Waals surface area contributed by atoms with Crippen molar-refractivity contribution in [1.29, 1.82) is 0 Å². The van der Waals surface area contributed by atoms with Crippen molar-refractivity contribution in [2.24, 2.45) is 5.92 Å². The molecule has 0 saturated carbocycles. The van der Waals surface area contributed by atoms with Crippen molar-refractivity contribution in [3.05, 3.63) is 23.8 Å². The molecular formula is C14H20N4O3S. The number of amides is 1. The molecule has 3 heterocycles. The number of sulfonamides is 1. The summed E-state index contributed by atoms with van der Waals surface area (Å²) in [6, 6.07) is 0. The molecule has 0 aromatic carbocycles. The normalized spacial score (nSPS) is 20.7. The van der Waals surface area contributed by atoms with Gasteiger partial charge in [-0.1, -0.05) is 0 Å². The molecule has 2 aliphatic rings. The largest absolute Gasteiger partial charge is 0.338 e. The minimum atomic E-state index is -3.15. The van der Waals surface area contributed by atoms with Gasteiger partial charge in [-0.05, 0) is 12.8 Å². The van der Waals surface area contributed by atoms with E-state index >= 15 is 0 Å². The summed E-state index contributed by atoms with van der Waals surface area (Å²) in [4.78, 5) is 22.7. The number of carbonyl (C=O) groups excluding carboxylic acids is 1. The van der Waals surface area contributed by atoms with Gasteiger partial charge in [-0.25, -0.2) is 22.7 Å². The van der Waals surface area contributed by atoms with Crippen molar-refractivity contribution >= 4 is 15.9 Å². The van der Waals surface area contributed by atoms with Crippen LogP contribution in [0.4, 0.5) is 0 Å². The number of hydrogen-bond donors (Lipinski definition) is 0. The van der Waals surface area contributed by atoms with Gasteiger partial charge in [0.25, 0.3) is 0 Å². The summed E-state index contributed by atoms with van der Waals surface area (Å²) < 4.78 is 24.5. The van der Waals surface area contributed by atoms with E-state index in [2.05, 4.69) is 9.97 Å². The second-order valence-corrected chi connectivity index (χ2v) is 7.92. The van der Waals surface area contributed by atoms with Crippen LogP contribution in [0.1, 0.15) is 24.1 Å². The van der Waals surface area contributed by atoms with Gasteiger partial charge in [0.1, 0.15) is 6.33 Å². The Bertz CT molecular complexity index is 668. The number of hydrogen-bond acceptors (Lipinski definition) is 5.